The molecule has 1 aliphatic heterocycles. The molecule has 1 aromatic carbocycles. The van der Waals surface area contributed by atoms with Crippen molar-refractivity contribution >= 4 is 23.3 Å². The van der Waals surface area contributed by atoms with Crippen LogP contribution in [0, 0.1) is 22.8 Å². The molecule has 0 bridgehead atoms. The number of nitriles is 2. The molecule has 0 saturated carbocycles. The average molecular weight is 406 g/mol. The second kappa shape index (κ2) is 9.09. The summed E-state index contributed by atoms with van der Waals surface area (Å²) in [6, 6.07) is 8.89. The van der Waals surface area contributed by atoms with E-state index in [2.05, 4.69) is 20.6 Å². The number of guanidine groups is 1. The minimum atomic E-state index is -0.594. The highest BCUT2D eigenvalue weighted by atomic mass is 16.7. The normalized spacial score (nSPS) is 14.8. The molecule has 0 spiro atoms. The first-order valence-corrected chi connectivity index (χ1v) is 9.35. The quantitative estimate of drug-likeness (QED) is 0.319. The van der Waals surface area contributed by atoms with E-state index < -0.39 is 12.3 Å². The van der Waals surface area contributed by atoms with Gasteiger partial charge in [-0.2, -0.15) is 10.5 Å². The van der Waals surface area contributed by atoms with Crippen LogP contribution in [0.1, 0.15) is 48.4 Å². The Labute approximate surface area is 174 Å². The summed E-state index contributed by atoms with van der Waals surface area (Å²) in [6.07, 6.45) is 1.36. The fraction of sp³-hybridized carbons (Fsp3) is 0.300. The van der Waals surface area contributed by atoms with Crippen molar-refractivity contribution in [3.8, 4) is 12.3 Å². The summed E-state index contributed by atoms with van der Waals surface area (Å²) in [7, 11) is 0. The minimum absolute atomic E-state index is 0.00447. The number of rotatable bonds is 6. The Morgan fingerprint density at radius 3 is 2.40 bits per heavy atom. The number of nitrogens with one attached hydrogen (secondary N) is 2. The lowest BCUT2D eigenvalue weighted by atomic mass is 9.94. The van der Waals surface area contributed by atoms with Gasteiger partial charge >= 0.3 is 0 Å². The van der Waals surface area contributed by atoms with Crippen LogP contribution in [0.2, 0.25) is 0 Å². The van der Waals surface area contributed by atoms with Crippen LogP contribution in [0.3, 0.4) is 0 Å². The summed E-state index contributed by atoms with van der Waals surface area (Å²) in [4.78, 5) is 8.78. The van der Waals surface area contributed by atoms with Crippen molar-refractivity contribution in [3.63, 3.8) is 0 Å². The number of pyridine rings is 1. The minimum Gasteiger partial charge on any atom is -0.397 e. The third-order valence-corrected chi connectivity index (χ3v) is 4.52. The maximum absolute atomic E-state index is 9.40. The van der Waals surface area contributed by atoms with Gasteiger partial charge in [0.2, 0.25) is 5.96 Å². The van der Waals surface area contributed by atoms with Gasteiger partial charge in [0.15, 0.2) is 12.5 Å². The van der Waals surface area contributed by atoms with E-state index in [4.69, 9.17) is 26.2 Å². The number of aliphatic imine (C=N–C) groups is 1. The number of nitrogen functional groups attached to an aromatic ring is 2. The van der Waals surface area contributed by atoms with E-state index in [1.165, 1.54) is 0 Å². The highest BCUT2D eigenvalue weighted by Crippen LogP contribution is 2.40. The number of hydrogen-bond acceptors (Lipinski definition) is 10. The van der Waals surface area contributed by atoms with Crippen molar-refractivity contribution in [1.82, 2.24) is 10.3 Å². The molecule has 0 saturated heterocycles. The smallest absolute Gasteiger partial charge is 0.211 e. The fourth-order valence-electron chi connectivity index (χ4n) is 3.20. The number of ether oxygens (including phenoxy) is 2. The molecule has 6 N–H and O–H groups in total. The Hall–Kier alpha value is -3.86. The lowest BCUT2D eigenvalue weighted by Gasteiger charge is -2.26. The van der Waals surface area contributed by atoms with Crippen LogP contribution in [-0.4, -0.2) is 24.2 Å². The van der Waals surface area contributed by atoms with E-state index in [0.29, 0.717) is 24.6 Å². The molecule has 1 aromatic heterocycles. The standard InChI is InChI=1S/C20H22N8O2/c1-3-29-19(30-4-2)12-7-5-11(6-8-12)16-14-15(23)13(9-21)17(24)27-18(14)28-20(26-16)25-10-22/h5-8,16,19H,3-4H2,1-2H3,(H6,23,24,25,26,27,28). The molecule has 10 heteroatoms. The molecule has 154 valence electrons. The summed E-state index contributed by atoms with van der Waals surface area (Å²) in [5, 5.41) is 23.8. The zero-order chi connectivity index (χ0) is 21.7. The highest BCUT2D eigenvalue weighted by molar-refractivity contribution is 5.98. The van der Waals surface area contributed by atoms with Gasteiger partial charge < -0.3 is 26.3 Å². The van der Waals surface area contributed by atoms with Crippen molar-refractivity contribution in [3.05, 3.63) is 46.5 Å². The van der Waals surface area contributed by atoms with E-state index in [0.717, 1.165) is 11.1 Å². The predicted molar refractivity (Wildman–Crippen MR) is 112 cm³/mol. The number of fused-ring (bicyclic) bond motifs is 1. The van der Waals surface area contributed by atoms with Crippen LogP contribution in [0.5, 0.6) is 0 Å². The Morgan fingerprint density at radius 1 is 1.17 bits per heavy atom. The van der Waals surface area contributed by atoms with E-state index in [-0.39, 0.29) is 23.0 Å². The number of nitrogens with two attached hydrogens (primary N) is 2. The summed E-state index contributed by atoms with van der Waals surface area (Å²) < 4.78 is 11.3. The highest BCUT2D eigenvalue weighted by Gasteiger charge is 2.29. The zero-order valence-corrected chi connectivity index (χ0v) is 16.6. The molecule has 0 aliphatic carbocycles. The van der Waals surface area contributed by atoms with Gasteiger partial charge in [0.1, 0.15) is 29.3 Å². The van der Waals surface area contributed by atoms with Crippen molar-refractivity contribution in [2.75, 3.05) is 30.0 Å². The van der Waals surface area contributed by atoms with Gasteiger partial charge in [-0.25, -0.2) is 9.98 Å². The number of aromatic nitrogens is 1. The van der Waals surface area contributed by atoms with Gasteiger partial charge in [-0.05, 0) is 19.4 Å². The summed E-state index contributed by atoms with van der Waals surface area (Å²) in [5.74, 6) is 0.550. The van der Waals surface area contributed by atoms with Crippen LogP contribution in [0.15, 0.2) is 29.3 Å². The van der Waals surface area contributed by atoms with Crippen LogP contribution in [-0.2, 0) is 9.47 Å². The monoisotopic (exact) mass is 406 g/mol. The van der Waals surface area contributed by atoms with Gasteiger partial charge in [-0.1, -0.05) is 24.3 Å². The van der Waals surface area contributed by atoms with Crippen LogP contribution < -0.4 is 22.1 Å². The number of benzene rings is 1. The van der Waals surface area contributed by atoms with Crippen molar-refractivity contribution < 1.29 is 9.47 Å². The first-order chi connectivity index (χ1) is 14.5. The molecule has 30 heavy (non-hydrogen) atoms. The fourth-order valence-corrected chi connectivity index (χ4v) is 3.20. The molecule has 0 radical (unpaired) electrons. The van der Waals surface area contributed by atoms with Gasteiger partial charge in [-0.3, -0.25) is 5.32 Å². The zero-order valence-electron chi connectivity index (χ0n) is 16.6. The van der Waals surface area contributed by atoms with Crippen molar-refractivity contribution in [2.24, 2.45) is 4.99 Å². The Kier molecular flexibility index (Phi) is 6.32. The summed E-state index contributed by atoms with van der Waals surface area (Å²) >= 11 is 0. The molecule has 0 fully saturated rings. The molecule has 1 aliphatic rings. The Bertz CT molecular complexity index is 1030. The molecule has 3 rings (SSSR count). The van der Waals surface area contributed by atoms with Gasteiger partial charge in [0, 0.05) is 24.3 Å². The van der Waals surface area contributed by atoms with Crippen molar-refractivity contribution in [2.45, 2.75) is 26.2 Å². The lowest BCUT2D eigenvalue weighted by molar-refractivity contribution is -0.140. The number of nitrogens with zero attached hydrogens (tertiary/aromatic N) is 4. The van der Waals surface area contributed by atoms with Gasteiger partial charge in [-0.15, -0.1) is 0 Å². The molecular weight excluding hydrogens is 384 g/mol. The lowest BCUT2D eigenvalue weighted by Crippen LogP contribution is -2.32. The molecular formula is C20H22N8O2. The maximum atomic E-state index is 9.40. The summed E-state index contributed by atoms with van der Waals surface area (Å²) in [5.41, 5.74) is 14.6. The topological polar surface area (TPSA) is 167 Å². The molecule has 10 nitrogen and oxygen atoms in total. The van der Waals surface area contributed by atoms with E-state index in [1.807, 2.05) is 50.4 Å². The second-order valence-corrected chi connectivity index (χ2v) is 6.31. The number of anilines is 3. The molecule has 0 amide bonds. The molecule has 2 heterocycles. The summed E-state index contributed by atoms with van der Waals surface area (Å²) in [6.45, 7) is 4.84. The SMILES string of the molecule is CCOC(OCC)c1ccc(C2N=C(NC#N)Nc3nc(N)c(C#N)c(N)c32)cc1. The van der Waals surface area contributed by atoms with E-state index in [1.54, 1.807) is 0 Å². The third-order valence-electron chi connectivity index (χ3n) is 4.52. The Morgan fingerprint density at radius 2 is 1.83 bits per heavy atom. The van der Waals surface area contributed by atoms with Crippen LogP contribution >= 0.6 is 0 Å². The van der Waals surface area contributed by atoms with E-state index in [9.17, 15) is 5.26 Å². The average Bonchev–Trinajstić information content (AvgIpc) is 2.73. The van der Waals surface area contributed by atoms with E-state index >= 15 is 0 Å². The second-order valence-electron chi connectivity index (χ2n) is 6.31. The largest absolute Gasteiger partial charge is 0.397 e. The van der Waals surface area contributed by atoms with Gasteiger partial charge in [0.25, 0.3) is 0 Å². The van der Waals surface area contributed by atoms with Crippen LogP contribution in [0.25, 0.3) is 0 Å². The third kappa shape index (κ3) is 3.96. The van der Waals surface area contributed by atoms with Crippen molar-refractivity contribution in [1.29, 1.82) is 10.5 Å². The predicted octanol–water partition coefficient (Wildman–Crippen LogP) is 2.13. The first-order valence-electron chi connectivity index (χ1n) is 9.35. The van der Waals surface area contributed by atoms with Gasteiger partial charge in [0.05, 0.1) is 5.69 Å². The molecule has 2 aromatic rings. The number of hydrogen-bond donors (Lipinski definition) is 4. The molecule has 1 atom stereocenters. The first kappa shape index (κ1) is 20.9. The molecule has 1 unspecified atom stereocenters. The van der Waals surface area contributed by atoms with Crippen LogP contribution in [0.4, 0.5) is 17.3 Å². The Balaban J connectivity index is 2.07. The maximum Gasteiger partial charge on any atom is 0.211 e.